The lowest BCUT2D eigenvalue weighted by molar-refractivity contribution is 0.268. The van der Waals surface area contributed by atoms with E-state index in [1.54, 1.807) is 13.3 Å². The van der Waals surface area contributed by atoms with Crippen molar-refractivity contribution < 1.29 is 9.84 Å². The van der Waals surface area contributed by atoms with Gasteiger partial charge in [-0.1, -0.05) is 6.07 Å². The van der Waals surface area contributed by atoms with Crippen LogP contribution in [0.3, 0.4) is 0 Å². The van der Waals surface area contributed by atoms with Gasteiger partial charge in [-0.3, -0.25) is 0 Å². The molecule has 1 unspecified atom stereocenters. The highest BCUT2D eigenvalue weighted by molar-refractivity contribution is 5.25. The lowest BCUT2D eigenvalue weighted by Gasteiger charge is -2.13. The van der Waals surface area contributed by atoms with Crippen molar-refractivity contribution in [1.82, 2.24) is 10.3 Å². The van der Waals surface area contributed by atoms with Crippen LogP contribution in [0.1, 0.15) is 18.9 Å². The Kier molecular flexibility index (Phi) is 5.07. The van der Waals surface area contributed by atoms with Crippen LogP contribution in [0.4, 0.5) is 0 Å². The average Bonchev–Trinajstić information content (AvgIpc) is 2.27. The highest BCUT2D eigenvalue weighted by Gasteiger charge is 2.05. The number of methoxy groups -OCH3 is 1. The zero-order chi connectivity index (χ0) is 11.1. The number of hydrogen-bond donors (Lipinski definition) is 2. The summed E-state index contributed by atoms with van der Waals surface area (Å²) in [7, 11) is 1.61. The topological polar surface area (TPSA) is 54.4 Å². The Morgan fingerprint density at radius 3 is 3.07 bits per heavy atom. The molecule has 1 aromatic heterocycles. The Bertz CT molecular complexity index is 292. The predicted octanol–water partition coefficient (Wildman–Crippen LogP) is 0.951. The summed E-state index contributed by atoms with van der Waals surface area (Å²) in [5.74, 6) is 0.654. The Balaban J connectivity index is 2.49. The van der Waals surface area contributed by atoms with Gasteiger partial charge in [-0.05, 0) is 19.4 Å². The number of nitrogens with one attached hydrogen (secondary N) is 1. The molecule has 1 atom stereocenters. The summed E-state index contributed by atoms with van der Waals surface area (Å²) in [4.78, 5) is 4.11. The second kappa shape index (κ2) is 6.37. The minimum absolute atomic E-state index is 0.207. The first-order chi connectivity index (χ1) is 7.27. The molecule has 0 aliphatic carbocycles. The molecule has 0 aliphatic rings. The van der Waals surface area contributed by atoms with Gasteiger partial charge < -0.3 is 15.2 Å². The number of rotatable bonds is 6. The Morgan fingerprint density at radius 2 is 2.40 bits per heavy atom. The summed E-state index contributed by atoms with van der Waals surface area (Å²) in [5, 5.41) is 12.1. The third-order valence-electron chi connectivity index (χ3n) is 2.25. The van der Waals surface area contributed by atoms with Crippen molar-refractivity contribution >= 4 is 0 Å². The molecule has 0 fully saturated rings. The van der Waals surface area contributed by atoms with E-state index in [1.807, 2.05) is 19.1 Å². The van der Waals surface area contributed by atoms with Crippen LogP contribution in [0.25, 0.3) is 0 Å². The number of hydrogen-bond acceptors (Lipinski definition) is 4. The Labute approximate surface area is 90.3 Å². The van der Waals surface area contributed by atoms with Crippen molar-refractivity contribution in [3.63, 3.8) is 0 Å². The second-order valence-corrected chi connectivity index (χ2v) is 3.47. The first-order valence-electron chi connectivity index (χ1n) is 5.10. The first-order valence-corrected chi connectivity index (χ1v) is 5.10. The van der Waals surface area contributed by atoms with Gasteiger partial charge in [0.25, 0.3) is 0 Å². The lowest BCUT2D eigenvalue weighted by Crippen LogP contribution is -2.26. The molecule has 15 heavy (non-hydrogen) atoms. The minimum atomic E-state index is 0.207. The van der Waals surface area contributed by atoms with Gasteiger partial charge in [0.15, 0.2) is 0 Å². The lowest BCUT2D eigenvalue weighted by atomic mass is 10.2. The number of pyridine rings is 1. The maximum Gasteiger partial charge on any atom is 0.217 e. The van der Waals surface area contributed by atoms with E-state index in [1.165, 1.54) is 0 Å². The maximum absolute atomic E-state index is 8.76. The molecule has 0 aliphatic heterocycles. The van der Waals surface area contributed by atoms with E-state index in [4.69, 9.17) is 9.84 Å². The van der Waals surface area contributed by atoms with Gasteiger partial charge in [0.1, 0.15) is 0 Å². The van der Waals surface area contributed by atoms with Crippen LogP contribution in [0.15, 0.2) is 18.3 Å². The molecule has 1 rings (SSSR count). The largest absolute Gasteiger partial charge is 0.481 e. The van der Waals surface area contributed by atoms with Crippen LogP contribution in [-0.4, -0.2) is 29.8 Å². The van der Waals surface area contributed by atoms with Crippen molar-refractivity contribution in [2.75, 3.05) is 13.7 Å². The van der Waals surface area contributed by atoms with Gasteiger partial charge in [0, 0.05) is 31.0 Å². The van der Waals surface area contributed by atoms with Crippen LogP contribution in [0.5, 0.6) is 5.88 Å². The molecular formula is C11H18N2O2. The van der Waals surface area contributed by atoms with E-state index < -0.39 is 0 Å². The third-order valence-corrected chi connectivity index (χ3v) is 2.25. The highest BCUT2D eigenvalue weighted by atomic mass is 16.5. The number of ether oxygens (including phenoxy) is 1. The van der Waals surface area contributed by atoms with Gasteiger partial charge in [0.2, 0.25) is 5.88 Å². The summed E-state index contributed by atoms with van der Waals surface area (Å²) < 4.78 is 5.14. The fourth-order valence-electron chi connectivity index (χ4n) is 1.32. The predicted molar refractivity (Wildman–Crippen MR) is 58.8 cm³/mol. The fourth-order valence-corrected chi connectivity index (χ4v) is 1.32. The van der Waals surface area contributed by atoms with Crippen molar-refractivity contribution in [3.8, 4) is 5.88 Å². The molecule has 0 saturated heterocycles. The number of aliphatic hydroxyl groups excluding tert-OH is 1. The molecule has 1 heterocycles. The molecule has 4 heteroatoms. The van der Waals surface area contributed by atoms with Crippen LogP contribution < -0.4 is 10.1 Å². The van der Waals surface area contributed by atoms with Gasteiger partial charge in [-0.25, -0.2) is 4.98 Å². The summed E-state index contributed by atoms with van der Waals surface area (Å²) in [6, 6.07) is 4.15. The zero-order valence-corrected chi connectivity index (χ0v) is 9.23. The molecule has 0 amide bonds. The van der Waals surface area contributed by atoms with Crippen LogP contribution >= 0.6 is 0 Å². The van der Waals surface area contributed by atoms with Gasteiger partial charge in [0.05, 0.1) is 7.11 Å². The minimum Gasteiger partial charge on any atom is -0.481 e. The molecular weight excluding hydrogens is 192 g/mol. The smallest absolute Gasteiger partial charge is 0.217 e. The molecule has 0 bridgehead atoms. The van der Waals surface area contributed by atoms with Gasteiger partial charge >= 0.3 is 0 Å². The molecule has 0 aromatic carbocycles. The molecule has 0 spiro atoms. The van der Waals surface area contributed by atoms with Gasteiger partial charge in [-0.15, -0.1) is 0 Å². The highest BCUT2D eigenvalue weighted by Crippen LogP contribution is 2.13. The summed E-state index contributed by atoms with van der Waals surface area (Å²) in [6.07, 6.45) is 2.46. The van der Waals surface area contributed by atoms with Crippen LogP contribution in [0, 0.1) is 0 Å². The second-order valence-electron chi connectivity index (χ2n) is 3.47. The van der Waals surface area contributed by atoms with Gasteiger partial charge in [-0.2, -0.15) is 0 Å². The molecule has 4 nitrogen and oxygen atoms in total. The Hall–Kier alpha value is -1.13. The molecule has 2 N–H and O–H groups in total. The van der Waals surface area contributed by atoms with E-state index in [2.05, 4.69) is 10.3 Å². The molecule has 0 saturated carbocycles. The molecule has 0 radical (unpaired) electrons. The SMILES string of the molecule is COc1ncccc1CNC(C)CCO. The number of nitrogens with zero attached hydrogens (tertiary/aromatic N) is 1. The van der Waals surface area contributed by atoms with Crippen molar-refractivity contribution in [1.29, 1.82) is 0 Å². The fraction of sp³-hybridized carbons (Fsp3) is 0.545. The first kappa shape index (κ1) is 11.9. The standard InChI is InChI=1S/C11H18N2O2/c1-9(5-7-14)13-8-10-4-3-6-12-11(10)15-2/h3-4,6,9,13-14H,5,7-8H2,1-2H3. The molecule has 84 valence electrons. The summed E-state index contributed by atoms with van der Waals surface area (Å²) in [6.45, 7) is 2.95. The average molecular weight is 210 g/mol. The van der Waals surface area contributed by atoms with E-state index in [9.17, 15) is 0 Å². The number of aliphatic hydroxyl groups is 1. The third kappa shape index (κ3) is 3.85. The zero-order valence-electron chi connectivity index (χ0n) is 9.23. The molecule has 1 aromatic rings. The van der Waals surface area contributed by atoms with E-state index in [0.717, 1.165) is 12.0 Å². The van der Waals surface area contributed by atoms with Crippen LogP contribution in [0.2, 0.25) is 0 Å². The quantitative estimate of drug-likeness (QED) is 0.734. The number of aromatic nitrogens is 1. The van der Waals surface area contributed by atoms with E-state index >= 15 is 0 Å². The summed E-state index contributed by atoms with van der Waals surface area (Å²) in [5.41, 5.74) is 1.03. The Morgan fingerprint density at radius 1 is 1.60 bits per heavy atom. The maximum atomic E-state index is 8.76. The summed E-state index contributed by atoms with van der Waals surface area (Å²) >= 11 is 0. The monoisotopic (exact) mass is 210 g/mol. The van der Waals surface area contributed by atoms with E-state index in [-0.39, 0.29) is 6.61 Å². The van der Waals surface area contributed by atoms with E-state index in [0.29, 0.717) is 18.5 Å². The van der Waals surface area contributed by atoms with Crippen molar-refractivity contribution in [2.45, 2.75) is 25.9 Å². The van der Waals surface area contributed by atoms with Crippen molar-refractivity contribution in [2.24, 2.45) is 0 Å². The van der Waals surface area contributed by atoms with Crippen molar-refractivity contribution in [3.05, 3.63) is 23.9 Å². The van der Waals surface area contributed by atoms with Crippen LogP contribution in [-0.2, 0) is 6.54 Å². The normalized spacial score (nSPS) is 12.5.